The van der Waals surface area contributed by atoms with E-state index in [1.165, 1.54) is 18.3 Å². The van der Waals surface area contributed by atoms with Crippen molar-refractivity contribution in [3.63, 3.8) is 0 Å². The zero-order valence-corrected chi connectivity index (χ0v) is 12.1. The molecule has 0 saturated heterocycles. The third-order valence-electron chi connectivity index (χ3n) is 3.11. The number of nitrogens with zero attached hydrogens (tertiary/aromatic N) is 1. The average molecular weight is 287 g/mol. The smallest absolute Gasteiger partial charge is 0.257 e. The SMILES string of the molecule is CCC(C)Nc1cncc(C(=O)Nc2cccc(F)c2)c1. The third-order valence-corrected chi connectivity index (χ3v) is 3.11. The Labute approximate surface area is 123 Å². The van der Waals surface area contributed by atoms with Gasteiger partial charge in [-0.05, 0) is 37.6 Å². The van der Waals surface area contributed by atoms with Crippen molar-refractivity contribution >= 4 is 17.3 Å². The fourth-order valence-electron chi connectivity index (χ4n) is 1.80. The van der Waals surface area contributed by atoms with Gasteiger partial charge < -0.3 is 10.6 Å². The van der Waals surface area contributed by atoms with Gasteiger partial charge in [-0.1, -0.05) is 13.0 Å². The fourth-order valence-corrected chi connectivity index (χ4v) is 1.80. The minimum absolute atomic E-state index is 0.299. The first kappa shape index (κ1) is 15.0. The van der Waals surface area contributed by atoms with Crippen LogP contribution in [0.15, 0.2) is 42.7 Å². The van der Waals surface area contributed by atoms with Gasteiger partial charge in [0.2, 0.25) is 0 Å². The number of benzene rings is 1. The summed E-state index contributed by atoms with van der Waals surface area (Å²) in [6.07, 6.45) is 4.13. The molecule has 0 bridgehead atoms. The molecular weight excluding hydrogens is 269 g/mol. The highest BCUT2D eigenvalue weighted by atomic mass is 19.1. The number of nitrogens with one attached hydrogen (secondary N) is 2. The highest BCUT2D eigenvalue weighted by Gasteiger charge is 2.09. The van der Waals surface area contributed by atoms with Crippen LogP contribution < -0.4 is 10.6 Å². The molecule has 0 saturated carbocycles. The van der Waals surface area contributed by atoms with E-state index < -0.39 is 5.82 Å². The molecule has 0 spiro atoms. The molecule has 0 aliphatic carbocycles. The number of carbonyl (C=O) groups is 1. The van der Waals surface area contributed by atoms with Crippen LogP contribution >= 0.6 is 0 Å². The molecule has 1 unspecified atom stereocenters. The standard InChI is InChI=1S/C16H18FN3O/c1-3-11(2)19-15-7-12(9-18-10-15)16(21)20-14-6-4-5-13(17)8-14/h4-11,19H,3H2,1-2H3,(H,20,21). The summed E-state index contributed by atoms with van der Waals surface area (Å²) in [6.45, 7) is 4.13. The van der Waals surface area contributed by atoms with Gasteiger partial charge in [-0.3, -0.25) is 9.78 Å². The monoisotopic (exact) mass is 287 g/mol. The van der Waals surface area contributed by atoms with Crippen molar-refractivity contribution in [2.24, 2.45) is 0 Å². The fraction of sp³-hybridized carbons (Fsp3) is 0.250. The maximum absolute atomic E-state index is 13.1. The summed E-state index contributed by atoms with van der Waals surface area (Å²) in [6, 6.07) is 7.81. The van der Waals surface area contributed by atoms with Crippen molar-refractivity contribution in [1.82, 2.24) is 4.98 Å². The molecule has 0 aliphatic rings. The maximum Gasteiger partial charge on any atom is 0.257 e. The first-order valence-corrected chi connectivity index (χ1v) is 6.87. The van der Waals surface area contributed by atoms with Crippen molar-refractivity contribution in [3.05, 3.63) is 54.1 Å². The topological polar surface area (TPSA) is 54.0 Å². The summed E-state index contributed by atoms with van der Waals surface area (Å²) >= 11 is 0. The van der Waals surface area contributed by atoms with Crippen LogP contribution in [-0.2, 0) is 0 Å². The molecular formula is C16H18FN3O. The molecule has 4 nitrogen and oxygen atoms in total. The molecule has 1 aromatic carbocycles. The molecule has 0 aliphatic heterocycles. The van der Waals surface area contributed by atoms with Crippen molar-refractivity contribution in [2.75, 3.05) is 10.6 Å². The van der Waals surface area contributed by atoms with E-state index in [0.717, 1.165) is 12.1 Å². The minimum atomic E-state index is -0.391. The normalized spacial score (nSPS) is 11.8. The van der Waals surface area contributed by atoms with Gasteiger partial charge in [0.1, 0.15) is 5.82 Å². The molecule has 1 amide bonds. The van der Waals surface area contributed by atoms with Gasteiger partial charge in [0.25, 0.3) is 5.91 Å². The van der Waals surface area contributed by atoms with Gasteiger partial charge in [0.05, 0.1) is 11.3 Å². The van der Waals surface area contributed by atoms with E-state index in [2.05, 4.69) is 29.5 Å². The van der Waals surface area contributed by atoms with Gasteiger partial charge in [0, 0.05) is 24.1 Å². The number of hydrogen-bond donors (Lipinski definition) is 2. The summed E-state index contributed by atoms with van der Waals surface area (Å²) in [7, 11) is 0. The lowest BCUT2D eigenvalue weighted by Gasteiger charge is -2.13. The summed E-state index contributed by atoms with van der Waals surface area (Å²) in [5, 5.41) is 5.90. The molecule has 0 radical (unpaired) electrons. The number of rotatable bonds is 5. The lowest BCUT2D eigenvalue weighted by atomic mass is 10.2. The number of carbonyl (C=O) groups excluding carboxylic acids is 1. The Morgan fingerprint density at radius 3 is 2.81 bits per heavy atom. The highest BCUT2D eigenvalue weighted by Crippen LogP contribution is 2.14. The van der Waals surface area contributed by atoms with E-state index in [4.69, 9.17) is 0 Å². The average Bonchev–Trinajstić information content (AvgIpc) is 2.47. The van der Waals surface area contributed by atoms with Crippen molar-refractivity contribution < 1.29 is 9.18 Å². The predicted molar refractivity (Wildman–Crippen MR) is 82.0 cm³/mol. The molecule has 2 N–H and O–H groups in total. The van der Waals surface area contributed by atoms with Gasteiger partial charge in [0.15, 0.2) is 0 Å². The van der Waals surface area contributed by atoms with Crippen molar-refractivity contribution in [2.45, 2.75) is 26.3 Å². The van der Waals surface area contributed by atoms with Gasteiger partial charge >= 0.3 is 0 Å². The Morgan fingerprint density at radius 2 is 2.10 bits per heavy atom. The molecule has 21 heavy (non-hydrogen) atoms. The van der Waals surface area contributed by atoms with Crippen LogP contribution in [0.3, 0.4) is 0 Å². The Bertz CT molecular complexity index is 630. The Morgan fingerprint density at radius 1 is 1.29 bits per heavy atom. The van der Waals surface area contributed by atoms with Crippen LogP contribution in [0.2, 0.25) is 0 Å². The second-order valence-electron chi connectivity index (χ2n) is 4.88. The number of halogens is 1. The van der Waals surface area contributed by atoms with Gasteiger partial charge in [-0.2, -0.15) is 0 Å². The second kappa shape index (κ2) is 6.83. The van der Waals surface area contributed by atoms with Crippen LogP contribution in [0.4, 0.5) is 15.8 Å². The van der Waals surface area contributed by atoms with Crippen molar-refractivity contribution in [1.29, 1.82) is 0 Å². The number of pyridine rings is 1. The summed E-state index contributed by atoms with van der Waals surface area (Å²) in [5.74, 6) is -0.709. The van der Waals surface area contributed by atoms with E-state index in [9.17, 15) is 9.18 Å². The molecule has 1 heterocycles. The van der Waals surface area contributed by atoms with Crippen LogP contribution in [0.5, 0.6) is 0 Å². The Hall–Kier alpha value is -2.43. The summed E-state index contributed by atoms with van der Waals surface area (Å²) in [4.78, 5) is 16.2. The second-order valence-corrected chi connectivity index (χ2v) is 4.88. The van der Waals surface area contributed by atoms with Crippen LogP contribution in [0, 0.1) is 5.82 Å². The zero-order chi connectivity index (χ0) is 15.2. The third kappa shape index (κ3) is 4.27. The lowest BCUT2D eigenvalue weighted by Crippen LogP contribution is -2.16. The van der Waals surface area contributed by atoms with E-state index in [0.29, 0.717) is 17.3 Å². The van der Waals surface area contributed by atoms with E-state index >= 15 is 0 Å². The molecule has 2 rings (SSSR count). The minimum Gasteiger partial charge on any atom is -0.381 e. The Kier molecular flexibility index (Phi) is 4.87. The molecule has 1 atom stereocenters. The van der Waals surface area contributed by atoms with Crippen molar-refractivity contribution in [3.8, 4) is 0 Å². The molecule has 110 valence electrons. The molecule has 1 aromatic heterocycles. The van der Waals surface area contributed by atoms with Gasteiger partial charge in [-0.25, -0.2) is 4.39 Å². The van der Waals surface area contributed by atoms with Crippen LogP contribution in [0.1, 0.15) is 30.6 Å². The molecule has 0 fully saturated rings. The summed E-state index contributed by atoms with van der Waals surface area (Å²) < 4.78 is 13.1. The maximum atomic E-state index is 13.1. The van der Waals surface area contributed by atoms with E-state index in [1.807, 2.05) is 0 Å². The first-order chi connectivity index (χ1) is 10.1. The Balaban J connectivity index is 2.10. The first-order valence-electron chi connectivity index (χ1n) is 6.87. The van der Waals surface area contributed by atoms with Crippen LogP contribution in [0.25, 0.3) is 0 Å². The summed E-state index contributed by atoms with van der Waals surface area (Å²) in [5.41, 5.74) is 1.63. The zero-order valence-electron chi connectivity index (χ0n) is 12.1. The number of anilines is 2. The largest absolute Gasteiger partial charge is 0.381 e. The van der Waals surface area contributed by atoms with Gasteiger partial charge in [-0.15, -0.1) is 0 Å². The quantitative estimate of drug-likeness (QED) is 0.882. The molecule has 5 heteroatoms. The van der Waals surface area contributed by atoms with E-state index in [-0.39, 0.29) is 5.91 Å². The predicted octanol–water partition coefficient (Wildman–Crippen LogP) is 3.68. The molecule has 2 aromatic rings. The van der Waals surface area contributed by atoms with Crippen LogP contribution in [-0.4, -0.2) is 16.9 Å². The number of amides is 1. The van der Waals surface area contributed by atoms with E-state index in [1.54, 1.807) is 24.4 Å². The number of aromatic nitrogens is 1. The lowest BCUT2D eigenvalue weighted by molar-refractivity contribution is 0.102. The highest BCUT2D eigenvalue weighted by molar-refractivity contribution is 6.04. The number of hydrogen-bond acceptors (Lipinski definition) is 3.